The van der Waals surface area contributed by atoms with Gasteiger partial charge < -0.3 is 4.90 Å². The van der Waals surface area contributed by atoms with Crippen molar-refractivity contribution < 1.29 is 0 Å². The van der Waals surface area contributed by atoms with E-state index in [4.69, 9.17) is 9.97 Å². The molecule has 0 aliphatic carbocycles. The Morgan fingerprint density at radius 1 is 0.404 bits per heavy atom. The highest BCUT2D eigenvalue weighted by molar-refractivity contribution is 7.99. The van der Waals surface area contributed by atoms with E-state index >= 15 is 0 Å². The van der Waals surface area contributed by atoms with Crippen LogP contribution in [-0.2, 0) is 0 Å². The maximum Gasteiger partial charge on any atom is 0.160 e. The lowest BCUT2D eigenvalue weighted by molar-refractivity contribution is 1.16. The summed E-state index contributed by atoms with van der Waals surface area (Å²) >= 11 is 1.80. The van der Waals surface area contributed by atoms with E-state index in [-0.39, 0.29) is 0 Å². The predicted octanol–water partition coefficient (Wildman–Crippen LogP) is 13.4. The molecule has 2 heterocycles. The minimum absolute atomic E-state index is 0.716. The van der Waals surface area contributed by atoms with Crippen molar-refractivity contribution in [1.82, 2.24) is 9.97 Å². The summed E-state index contributed by atoms with van der Waals surface area (Å²) in [6.45, 7) is 0. The maximum absolute atomic E-state index is 5.27. The number of benzene rings is 8. The number of nitrogens with zero attached hydrogens (tertiary/aromatic N) is 3. The zero-order chi connectivity index (χ0) is 34.4. The average molecular weight is 682 g/mol. The molecule has 244 valence electrons. The van der Waals surface area contributed by atoms with E-state index in [2.05, 4.69) is 187 Å². The highest BCUT2D eigenvalue weighted by atomic mass is 32.2. The van der Waals surface area contributed by atoms with Gasteiger partial charge in [-0.15, -0.1) is 0 Å². The Hall–Kier alpha value is -6.49. The summed E-state index contributed by atoms with van der Waals surface area (Å²) in [6, 6.07) is 66.8. The molecule has 0 unspecified atom stereocenters. The normalized spacial score (nSPS) is 12.1. The fraction of sp³-hybridized carbons (Fsp3) is 0. The van der Waals surface area contributed by atoms with Crippen LogP contribution in [0.3, 0.4) is 0 Å². The molecule has 1 aliphatic heterocycles. The van der Waals surface area contributed by atoms with Gasteiger partial charge in [0.2, 0.25) is 0 Å². The Kier molecular flexibility index (Phi) is 7.40. The van der Waals surface area contributed by atoms with Crippen molar-refractivity contribution in [2.45, 2.75) is 9.79 Å². The number of fused-ring (bicyclic) bond motifs is 4. The topological polar surface area (TPSA) is 29.0 Å². The Balaban J connectivity index is 1.04. The van der Waals surface area contributed by atoms with Crippen molar-refractivity contribution >= 4 is 50.5 Å². The van der Waals surface area contributed by atoms with Gasteiger partial charge in [0, 0.05) is 32.0 Å². The predicted molar refractivity (Wildman–Crippen MR) is 218 cm³/mol. The van der Waals surface area contributed by atoms with Gasteiger partial charge in [0.15, 0.2) is 5.82 Å². The molecule has 52 heavy (non-hydrogen) atoms. The molecule has 3 nitrogen and oxygen atoms in total. The van der Waals surface area contributed by atoms with Crippen molar-refractivity contribution in [1.29, 1.82) is 0 Å². The summed E-state index contributed by atoms with van der Waals surface area (Å²) < 4.78 is 0. The molecular weight excluding hydrogens is 651 g/mol. The molecule has 0 fully saturated rings. The third kappa shape index (κ3) is 5.33. The van der Waals surface area contributed by atoms with Gasteiger partial charge in [0.05, 0.1) is 22.6 Å². The van der Waals surface area contributed by atoms with E-state index < -0.39 is 0 Å². The zero-order valence-corrected chi connectivity index (χ0v) is 29.0. The third-order valence-corrected chi connectivity index (χ3v) is 11.0. The lowest BCUT2D eigenvalue weighted by Crippen LogP contribution is -2.14. The second-order valence-electron chi connectivity index (χ2n) is 13.0. The van der Waals surface area contributed by atoms with E-state index in [1.54, 1.807) is 11.8 Å². The SMILES string of the molecule is c1ccc(-c2ccc(N3c4ccccc4Sc4cc(-c5nc(-c6ccc(-c7cccc8ccccc78)cc6)c6ccccc6n5)ccc43)cc2)cc1. The van der Waals surface area contributed by atoms with Crippen LogP contribution in [-0.4, -0.2) is 9.97 Å². The Morgan fingerprint density at radius 3 is 1.90 bits per heavy atom. The van der Waals surface area contributed by atoms with Crippen molar-refractivity contribution in [3.8, 4) is 44.9 Å². The standard InChI is InChI=1S/C48H31N3S/c1-2-11-32(12-3-1)33-25-28-38(29-26-33)51-43-19-8-9-20-45(43)52-46-31-37(27-30-44(46)51)48-49-42-18-7-6-16-41(42)47(50-48)36-23-21-35(22-24-36)40-17-10-14-34-13-4-5-15-39(34)40/h1-31H. The first kappa shape index (κ1) is 30.3. The molecule has 0 saturated carbocycles. The van der Waals surface area contributed by atoms with Crippen LogP contribution in [0.5, 0.6) is 0 Å². The molecule has 0 spiro atoms. The second kappa shape index (κ2) is 12.7. The lowest BCUT2D eigenvalue weighted by Gasteiger charge is -2.33. The maximum atomic E-state index is 5.27. The Bertz CT molecular complexity index is 2750. The van der Waals surface area contributed by atoms with Crippen LogP contribution in [0.15, 0.2) is 198 Å². The molecule has 0 radical (unpaired) electrons. The van der Waals surface area contributed by atoms with Crippen molar-refractivity contribution in [3.05, 3.63) is 188 Å². The van der Waals surface area contributed by atoms with Gasteiger partial charge in [-0.2, -0.15) is 0 Å². The van der Waals surface area contributed by atoms with Gasteiger partial charge in [-0.3, -0.25) is 0 Å². The van der Waals surface area contributed by atoms with Gasteiger partial charge in [0.25, 0.3) is 0 Å². The molecule has 0 bridgehead atoms. The summed E-state index contributed by atoms with van der Waals surface area (Å²) in [4.78, 5) is 15.1. The molecule has 0 amide bonds. The summed E-state index contributed by atoms with van der Waals surface area (Å²) in [7, 11) is 0. The highest BCUT2D eigenvalue weighted by Gasteiger charge is 2.25. The summed E-state index contributed by atoms with van der Waals surface area (Å²) in [5.74, 6) is 0.716. The summed E-state index contributed by atoms with van der Waals surface area (Å²) in [5.41, 5.74) is 12.2. The van der Waals surface area contributed by atoms with Gasteiger partial charge in [0.1, 0.15) is 0 Å². The number of para-hydroxylation sites is 2. The van der Waals surface area contributed by atoms with Crippen molar-refractivity contribution in [2.24, 2.45) is 0 Å². The molecule has 10 rings (SSSR count). The van der Waals surface area contributed by atoms with E-state index in [0.29, 0.717) is 5.82 Å². The van der Waals surface area contributed by atoms with Gasteiger partial charge in [-0.1, -0.05) is 151 Å². The van der Waals surface area contributed by atoms with Gasteiger partial charge >= 0.3 is 0 Å². The van der Waals surface area contributed by atoms with Crippen LogP contribution in [0.4, 0.5) is 17.1 Å². The number of anilines is 3. The van der Waals surface area contributed by atoms with E-state index in [0.717, 1.165) is 39.1 Å². The van der Waals surface area contributed by atoms with Crippen LogP contribution < -0.4 is 4.90 Å². The molecule has 0 saturated heterocycles. The van der Waals surface area contributed by atoms with Gasteiger partial charge in [-0.05, 0) is 81.6 Å². The molecule has 0 N–H and O–H groups in total. The second-order valence-corrected chi connectivity index (χ2v) is 14.1. The Morgan fingerprint density at radius 2 is 1.04 bits per heavy atom. The number of hydrogen-bond acceptors (Lipinski definition) is 4. The largest absolute Gasteiger partial charge is 0.308 e. The van der Waals surface area contributed by atoms with Crippen molar-refractivity contribution in [2.75, 3.05) is 4.90 Å². The first-order valence-electron chi connectivity index (χ1n) is 17.5. The smallest absolute Gasteiger partial charge is 0.160 e. The monoisotopic (exact) mass is 681 g/mol. The highest BCUT2D eigenvalue weighted by Crippen LogP contribution is 2.52. The van der Waals surface area contributed by atoms with Crippen LogP contribution in [0, 0.1) is 0 Å². The number of rotatable bonds is 5. The molecule has 8 aromatic carbocycles. The molecule has 9 aromatic rings. The lowest BCUT2D eigenvalue weighted by atomic mass is 9.96. The average Bonchev–Trinajstić information content (AvgIpc) is 3.22. The van der Waals surface area contributed by atoms with Crippen molar-refractivity contribution in [3.63, 3.8) is 0 Å². The molecule has 1 aliphatic rings. The van der Waals surface area contributed by atoms with E-state index in [1.807, 2.05) is 6.07 Å². The Labute approximate surface area is 306 Å². The fourth-order valence-corrected chi connectivity index (χ4v) is 8.42. The van der Waals surface area contributed by atoms with Crippen LogP contribution in [0.25, 0.3) is 66.6 Å². The first-order valence-corrected chi connectivity index (χ1v) is 18.3. The third-order valence-electron chi connectivity index (χ3n) is 9.88. The minimum atomic E-state index is 0.716. The molecule has 1 aromatic heterocycles. The zero-order valence-electron chi connectivity index (χ0n) is 28.1. The van der Waals surface area contributed by atoms with Crippen LogP contribution >= 0.6 is 11.8 Å². The van der Waals surface area contributed by atoms with Gasteiger partial charge in [-0.25, -0.2) is 9.97 Å². The van der Waals surface area contributed by atoms with E-state index in [1.165, 1.54) is 48.5 Å². The van der Waals surface area contributed by atoms with Crippen LogP contribution in [0.2, 0.25) is 0 Å². The van der Waals surface area contributed by atoms with Crippen LogP contribution in [0.1, 0.15) is 0 Å². The molecule has 0 atom stereocenters. The first-order chi connectivity index (χ1) is 25.8. The summed E-state index contributed by atoms with van der Waals surface area (Å²) in [5, 5.41) is 3.53. The number of aromatic nitrogens is 2. The minimum Gasteiger partial charge on any atom is -0.308 e. The number of hydrogen-bond donors (Lipinski definition) is 0. The summed E-state index contributed by atoms with van der Waals surface area (Å²) in [6.07, 6.45) is 0. The molecular formula is C48H31N3S. The fourth-order valence-electron chi connectivity index (χ4n) is 7.32. The molecule has 4 heteroatoms. The van der Waals surface area contributed by atoms with E-state index in [9.17, 15) is 0 Å². The quantitative estimate of drug-likeness (QED) is 0.181.